The molecule has 1 unspecified atom stereocenters. The number of ketones is 1. The van der Waals surface area contributed by atoms with Crippen LogP contribution in [0.15, 0.2) is 24.4 Å². The van der Waals surface area contributed by atoms with Crippen LogP contribution in [0.5, 0.6) is 11.5 Å². The molecule has 1 aliphatic rings. The highest BCUT2D eigenvalue weighted by atomic mass is 32.1. The summed E-state index contributed by atoms with van der Waals surface area (Å²) in [5, 5.41) is 10.2. The third-order valence-corrected chi connectivity index (χ3v) is 4.08. The van der Waals surface area contributed by atoms with E-state index < -0.39 is 5.92 Å². The lowest BCUT2D eigenvalue weighted by molar-refractivity contribution is 0.0982. The zero-order valence-corrected chi connectivity index (χ0v) is 12.1. The normalized spacial score (nSPS) is 14.3. The van der Waals surface area contributed by atoms with Crippen LogP contribution >= 0.6 is 11.3 Å². The number of carbonyl (C=O) groups excluding carboxylic acids is 1. The Morgan fingerprint density at radius 3 is 2.81 bits per heavy atom. The Bertz CT molecular complexity index is 733. The lowest BCUT2D eigenvalue weighted by Crippen LogP contribution is -2.16. The smallest absolute Gasteiger partial charge is 0.195 e. The molecular weight excluding hydrogens is 288 g/mol. The first-order valence-corrected chi connectivity index (χ1v) is 7.26. The predicted molar refractivity (Wildman–Crippen MR) is 77.0 cm³/mol. The SMILES string of the molecule is Cc1ncc(C(=O)C(C#N)c2ccc3c(c2)OCCO3)s1. The monoisotopic (exact) mass is 300 g/mol. The number of hydrogen-bond acceptors (Lipinski definition) is 6. The molecule has 3 rings (SSSR count). The van der Waals surface area contributed by atoms with Crippen molar-refractivity contribution in [3.63, 3.8) is 0 Å². The predicted octanol–water partition coefficient (Wildman–Crippen LogP) is 2.71. The Balaban J connectivity index is 1.93. The van der Waals surface area contributed by atoms with Gasteiger partial charge >= 0.3 is 0 Å². The highest BCUT2D eigenvalue weighted by molar-refractivity contribution is 7.13. The Hall–Kier alpha value is -2.39. The van der Waals surface area contributed by atoms with Crippen molar-refractivity contribution in [3.8, 4) is 17.6 Å². The molecule has 6 heteroatoms. The largest absolute Gasteiger partial charge is 0.486 e. The number of aryl methyl sites for hydroxylation is 1. The zero-order chi connectivity index (χ0) is 14.8. The summed E-state index contributed by atoms with van der Waals surface area (Å²) in [6.07, 6.45) is 1.52. The number of rotatable bonds is 3. The van der Waals surface area contributed by atoms with Crippen molar-refractivity contribution >= 4 is 17.1 Å². The van der Waals surface area contributed by atoms with Crippen molar-refractivity contribution in [2.45, 2.75) is 12.8 Å². The van der Waals surface area contributed by atoms with E-state index in [1.807, 2.05) is 6.92 Å². The molecule has 1 aromatic carbocycles. The molecule has 2 aromatic rings. The fourth-order valence-electron chi connectivity index (χ4n) is 2.14. The van der Waals surface area contributed by atoms with Gasteiger partial charge in [-0.2, -0.15) is 5.26 Å². The van der Waals surface area contributed by atoms with Gasteiger partial charge in [-0.1, -0.05) is 6.07 Å². The molecular formula is C15H12N2O3S. The molecule has 5 nitrogen and oxygen atoms in total. The van der Waals surface area contributed by atoms with Crippen molar-refractivity contribution in [3.05, 3.63) is 39.8 Å². The maximum atomic E-state index is 12.4. The minimum absolute atomic E-state index is 0.236. The van der Waals surface area contributed by atoms with Crippen molar-refractivity contribution in [2.75, 3.05) is 13.2 Å². The van der Waals surface area contributed by atoms with Gasteiger partial charge in [-0.3, -0.25) is 4.79 Å². The molecule has 0 fully saturated rings. The van der Waals surface area contributed by atoms with Gasteiger partial charge in [-0.25, -0.2) is 4.98 Å². The van der Waals surface area contributed by atoms with Gasteiger partial charge in [0.15, 0.2) is 17.3 Å². The molecule has 0 bridgehead atoms. The molecule has 0 aliphatic carbocycles. The van der Waals surface area contributed by atoms with Crippen LogP contribution in [0.2, 0.25) is 0 Å². The van der Waals surface area contributed by atoms with E-state index in [9.17, 15) is 10.1 Å². The molecule has 2 heterocycles. The van der Waals surface area contributed by atoms with Gasteiger partial charge in [0.05, 0.1) is 16.0 Å². The average Bonchev–Trinajstić information content (AvgIpc) is 2.94. The summed E-state index contributed by atoms with van der Waals surface area (Å²) in [6.45, 7) is 2.80. The molecule has 0 saturated heterocycles. The van der Waals surface area contributed by atoms with Gasteiger partial charge in [-0.05, 0) is 24.6 Å². The topological polar surface area (TPSA) is 72.2 Å². The lowest BCUT2D eigenvalue weighted by Gasteiger charge is -2.19. The molecule has 1 aliphatic heterocycles. The maximum Gasteiger partial charge on any atom is 0.195 e. The summed E-state index contributed by atoms with van der Waals surface area (Å²) in [6, 6.07) is 7.23. The molecule has 1 atom stereocenters. The van der Waals surface area contributed by atoms with E-state index in [-0.39, 0.29) is 5.78 Å². The number of benzene rings is 1. The van der Waals surface area contributed by atoms with E-state index in [1.54, 1.807) is 18.2 Å². The Labute approximate surface area is 125 Å². The maximum absolute atomic E-state index is 12.4. The summed E-state index contributed by atoms with van der Waals surface area (Å²) < 4.78 is 10.9. The second kappa shape index (κ2) is 5.54. The molecule has 1 aromatic heterocycles. The summed E-state index contributed by atoms with van der Waals surface area (Å²) in [5.41, 5.74) is 0.609. The van der Waals surface area contributed by atoms with E-state index in [0.29, 0.717) is 35.2 Å². The van der Waals surface area contributed by atoms with Crippen LogP contribution in [0, 0.1) is 18.3 Å². The number of carbonyl (C=O) groups is 1. The minimum Gasteiger partial charge on any atom is -0.486 e. The van der Waals surface area contributed by atoms with Crippen LogP contribution in [0.1, 0.15) is 26.2 Å². The highest BCUT2D eigenvalue weighted by Crippen LogP contribution is 2.34. The third kappa shape index (κ3) is 2.60. The summed E-state index contributed by atoms with van der Waals surface area (Å²) in [4.78, 5) is 17.0. The van der Waals surface area contributed by atoms with E-state index >= 15 is 0 Å². The number of nitrogens with zero attached hydrogens (tertiary/aromatic N) is 2. The fraction of sp³-hybridized carbons (Fsp3) is 0.267. The first kappa shape index (κ1) is 13.6. The van der Waals surface area contributed by atoms with E-state index in [2.05, 4.69) is 11.1 Å². The molecule has 0 spiro atoms. The van der Waals surface area contributed by atoms with E-state index in [0.717, 1.165) is 5.01 Å². The van der Waals surface area contributed by atoms with Gasteiger partial charge in [-0.15, -0.1) is 11.3 Å². The number of nitriles is 1. The Kier molecular flexibility index (Phi) is 3.59. The lowest BCUT2D eigenvalue weighted by atomic mass is 9.95. The standard InChI is InChI=1S/C15H12N2O3S/c1-9-17-8-14(21-9)15(18)11(7-16)10-2-3-12-13(6-10)20-5-4-19-12/h2-3,6,8,11H,4-5H2,1H3. The van der Waals surface area contributed by atoms with Gasteiger partial charge in [0.2, 0.25) is 0 Å². The minimum atomic E-state index is -0.860. The van der Waals surface area contributed by atoms with Crippen molar-refractivity contribution in [1.82, 2.24) is 4.98 Å². The molecule has 0 radical (unpaired) electrons. The van der Waals surface area contributed by atoms with Crippen LogP contribution in [-0.2, 0) is 0 Å². The zero-order valence-electron chi connectivity index (χ0n) is 11.3. The molecule has 0 saturated carbocycles. The molecule has 0 N–H and O–H groups in total. The number of hydrogen-bond donors (Lipinski definition) is 0. The molecule has 21 heavy (non-hydrogen) atoms. The second-order valence-corrected chi connectivity index (χ2v) is 5.81. The van der Waals surface area contributed by atoms with Crippen molar-refractivity contribution in [1.29, 1.82) is 5.26 Å². The van der Waals surface area contributed by atoms with Crippen LogP contribution in [0.4, 0.5) is 0 Å². The average molecular weight is 300 g/mol. The van der Waals surface area contributed by atoms with Crippen LogP contribution in [-0.4, -0.2) is 24.0 Å². The fourth-order valence-corrected chi connectivity index (χ4v) is 2.89. The van der Waals surface area contributed by atoms with Crippen LogP contribution in [0.25, 0.3) is 0 Å². The van der Waals surface area contributed by atoms with Crippen molar-refractivity contribution in [2.24, 2.45) is 0 Å². The number of aromatic nitrogens is 1. The van der Waals surface area contributed by atoms with Gasteiger partial charge in [0.1, 0.15) is 19.1 Å². The second-order valence-electron chi connectivity index (χ2n) is 4.57. The first-order chi connectivity index (χ1) is 10.2. The molecule has 106 valence electrons. The summed E-state index contributed by atoms with van der Waals surface area (Å²) in [5.74, 6) is 0.121. The van der Waals surface area contributed by atoms with E-state index in [1.165, 1.54) is 17.5 Å². The first-order valence-electron chi connectivity index (χ1n) is 6.45. The summed E-state index contributed by atoms with van der Waals surface area (Å²) >= 11 is 1.30. The number of fused-ring (bicyclic) bond motifs is 1. The highest BCUT2D eigenvalue weighted by Gasteiger charge is 2.25. The van der Waals surface area contributed by atoms with Crippen LogP contribution in [0.3, 0.4) is 0 Å². The number of Topliss-reactive ketones (excluding diaryl/α,β-unsaturated/α-hetero) is 1. The van der Waals surface area contributed by atoms with Gasteiger partial charge in [0.25, 0.3) is 0 Å². The van der Waals surface area contributed by atoms with Crippen molar-refractivity contribution < 1.29 is 14.3 Å². The quantitative estimate of drug-likeness (QED) is 0.815. The molecule has 0 amide bonds. The third-order valence-electron chi connectivity index (χ3n) is 3.15. The number of ether oxygens (including phenoxy) is 2. The number of thiazole rings is 1. The Morgan fingerprint density at radius 2 is 2.14 bits per heavy atom. The summed E-state index contributed by atoms with van der Waals surface area (Å²) in [7, 11) is 0. The van der Waals surface area contributed by atoms with Gasteiger partial charge < -0.3 is 9.47 Å². The van der Waals surface area contributed by atoms with E-state index in [4.69, 9.17) is 9.47 Å². The Morgan fingerprint density at radius 1 is 1.38 bits per heavy atom. The van der Waals surface area contributed by atoms with Gasteiger partial charge in [0, 0.05) is 6.20 Å². The van der Waals surface area contributed by atoms with Crippen LogP contribution < -0.4 is 9.47 Å².